The van der Waals surface area contributed by atoms with Gasteiger partial charge in [-0.1, -0.05) is 17.7 Å². The summed E-state index contributed by atoms with van der Waals surface area (Å²) in [6, 6.07) is 0. The summed E-state index contributed by atoms with van der Waals surface area (Å²) < 4.78 is 0. The zero-order valence-electron chi connectivity index (χ0n) is 8.65. The highest BCUT2D eigenvalue weighted by molar-refractivity contribution is 5.79. The molecule has 13 heavy (non-hydrogen) atoms. The normalized spacial score (nSPS) is 17.3. The highest BCUT2D eigenvalue weighted by Gasteiger charge is 2.16. The van der Waals surface area contributed by atoms with E-state index in [1.165, 1.54) is 30.2 Å². The zero-order valence-corrected chi connectivity index (χ0v) is 8.65. The molecule has 0 saturated heterocycles. The van der Waals surface area contributed by atoms with Crippen LogP contribution in [0.15, 0.2) is 34.4 Å². The standard InChI is InChI=1S/C12H17N/c1-4-5-12(9(2)8-13)10(3)11-6-7-11/h4-5,8,13H,6-7H2,1-3H3/b5-4-,12-9+,13-8?. The van der Waals surface area contributed by atoms with Crippen molar-refractivity contribution in [2.45, 2.75) is 33.6 Å². The van der Waals surface area contributed by atoms with Gasteiger partial charge in [-0.3, -0.25) is 0 Å². The third kappa shape index (κ3) is 2.41. The van der Waals surface area contributed by atoms with Crippen LogP contribution in [0.4, 0.5) is 0 Å². The third-order valence-corrected chi connectivity index (χ3v) is 2.41. The van der Waals surface area contributed by atoms with E-state index in [4.69, 9.17) is 5.41 Å². The summed E-state index contributed by atoms with van der Waals surface area (Å²) in [5.41, 5.74) is 5.20. The van der Waals surface area contributed by atoms with Crippen LogP contribution in [0.2, 0.25) is 0 Å². The van der Waals surface area contributed by atoms with Crippen molar-refractivity contribution in [1.29, 1.82) is 5.41 Å². The molecule has 0 aromatic carbocycles. The van der Waals surface area contributed by atoms with Crippen molar-refractivity contribution in [2.24, 2.45) is 0 Å². The Morgan fingerprint density at radius 3 is 2.31 bits per heavy atom. The molecule has 1 rings (SSSR count). The Morgan fingerprint density at radius 1 is 1.31 bits per heavy atom. The Labute approximate surface area is 80.4 Å². The van der Waals surface area contributed by atoms with Gasteiger partial charge in [0.15, 0.2) is 0 Å². The molecule has 0 aromatic heterocycles. The number of hydrogen-bond acceptors (Lipinski definition) is 1. The predicted molar refractivity (Wildman–Crippen MR) is 58.2 cm³/mol. The van der Waals surface area contributed by atoms with Gasteiger partial charge in [0.25, 0.3) is 0 Å². The Bertz CT molecular complexity index is 297. The predicted octanol–water partition coefficient (Wildman–Crippen LogP) is 3.64. The molecule has 1 nitrogen and oxygen atoms in total. The van der Waals surface area contributed by atoms with E-state index in [0.29, 0.717) is 0 Å². The van der Waals surface area contributed by atoms with Crippen molar-refractivity contribution >= 4 is 6.21 Å². The van der Waals surface area contributed by atoms with Gasteiger partial charge in [-0.05, 0) is 50.3 Å². The molecule has 1 saturated carbocycles. The average Bonchev–Trinajstić information content (AvgIpc) is 2.95. The summed E-state index contributed by atoms with van der Waals surface area (Å²) in [5.74, 6) is 0. The van der Waals surface area contributed by atoms with Gasteiger partial charge in [0.05, 0.1) is 0 Å². The lowest BCUT2D eigenvalue weighted by Crippen LogP contribution is -1.89. The molecular formula is C12H17N. The maximum Gasteiger partial charge on any atom is 0.0213 e. The molecule has 70 valence electrons. The minimum Gasteiger partial charge on any atom is -0.308 e. The average molecular weight is 175 g/mol. The molecule has 0 unspecified atom stereocenters. The number of rotatable bonds is 3. The molecule has 0 spiro atoms. The fourth-order valence-corrected chi connectivity index (χ4v) is 1.42. The SMILES string of the molecule is C/C=C\C(C(C)=C1CC1)=C(\C)C=N. The van der Waals surface area contributed by atoms with E-state index < -0.39 is 0 Å². The van der Waals surface area contributed by atoms with Gasteiger partial charge in [-0.15, -0.1) is 0 Å². The quantitative estimate of drug-likeness (QED) is 0.500. The van der Waals surface area contributed by atoms with Crippen LogP contribution in [0.5, 0.6) is 0 Å². The zero-order chi connectivity index (χ0) is 9.84. The van der Waals surface area contributed by atoms with Gasteiger partial charge < -0.3 is 5.41 Å². The molecule has 0 aliphatic heterocycles. The van der Waals surface area contributed by atoms with E-state index in [1.807, 2.05) is 19.9 Å². The van der Waals surface area contributed by atoms with Crippen molar-refractivity contribution in [3.63, 3.8) is 0 Å². The first-order chi connectivity index (χ1) is 6.20. The third-order valence-electron chi connectivity index (χ3n) is 2.41. The number of nitrogens with one attached hydrogen (secondary N) is 1. The number of allylic oxidation sites excluding steroid dienone is 6. The summed E-state index contributed by atoms with van der Waals surface area (Å²) in [5, 5.41) is 7.23. The fraction of sp³-hybridized carbons (Fsp3) is 0.417. The van der Waals surface area contributed by atoms with E-state index in [1.54, 1.807) is 5.57 Å². The Kier molecular flexibility index (Phi) is 3.24. The lowest BCUT2D eigenvalue weighted by atomic mass is 10.0. The van der Waals surface area contributed by atoms with Crippen LogP contribution in [0.3, 0.4) is 0 Å². The molecule has 0 heterocycles. The lowest BCUT2D eigenvalue weighted by molar-refractivity contribution is 1.34. The van der Waals surface area contributed by atoms with Gasteiger partial charge in [-0.2, -0.15) is 0 Å². The second kappa shape index (κ2) is 4.22. The van der Waals surface area contributed by atoms with Crippen LogP contribution < -0.4 is 0 Å². The lowest BCUT2D eigenvalue weighted by Gasteiger charge is -2.04. The van der Waals surface area contributed by atoms with Crippen molar-refractivity contribution in [3.05, 3.63) is 34.4 Å². The topological polar surface area (TPSA) is 23.9 Å². The Morgan fingerprint density at radius 2 is 1.92 bits per heavy atom. The summed E-state index contributed by atoms with van der Waals surface area (Å²) in [4.78, 5) is 0. The van der Waals surface area contributed by atoms with Gasteiger partial charge in [-0.25, -0.2) is 0 Å². The van der Waals surface area contributed by atoms with E-state index in [9.17, 15) is 0 Å². The molecule has 1 N–H and O–H groups in total. The molecule has 0 aromatic rings. The van der Waals surface area contributed by atoms with E-state index in [0.717, 1.165) is 5.57 Å². The first-order valence-electron chi connectivity index (χ1n) is 4.73. The van der Waals surface area contributed by atoms with Crippen LogP contribution in [0.25, 0.3) is 0 Å². The number of hydrogen-bond donors (Lipinski definition) is 1. The van der Waals surface area contributed by atoms with E-state index in [2.05, 4.69) is 13.0 Å². The van der Waals surface area contributed by atoms with Crippen LogP contribution in [0.1, 0.15) is 33.6 Å². The van der Waals surface area contributed by atoms with Gasteiger partial charge in [0, 0.05) is 6.21 Å². The molecule has 0 atom stereocenters. The fourth-order valence-electron chi connectivity index (χ4n) is 1.42. The monoisotopic (exact) mass is 175 g/mol. The van der Waals surface area contributed by atoms with Crippen molar-refractivity contribution < 1.29 is 0 Å². The van der Waals surface area contributed by atoms with Crippen molar-refractivity contribution in [2.75, 3.05) is 0 Å². The van der Waals surface area contributed by atoms with Crippen LogP contribution >= 0.6 is 0 Å². The van der Waals surface area contributed by atoms with Crippen molar-refractivity contribution in [1.82, 2.24) is 0 Å². The van der Waals surface area contributed by atoms with Gasteiger partial charge >= 0.3 is 0 Å². The minimum atomic E-state index is 1.05. The van der Waals surface area contributed by atoms with Gasteiger partial charge in [0.2, 0.25) is 0 Å². The second-order valence-corrected chi connectivity index (χ2v) is 3.47. The molecule has 1 fully saturated rings. The van der Waals surface area contributed by atoms with Gasteiger partial charge in [0.1, 0.15) is 0 Å². The smallest absolute Gasteiger partial charge is 0.0213 e. The minimum absolute atomic E-state index is 1.05. The molecule has 0 amide bonds. The van der Waals surface area contributed by atoms with Crippen LogP contribution in [0, 0.1) is 5.41 Å². The highest BCUT2D eigenvalue weighted by atomic mass is 14.3. The second-order valence-electron chi connectivity index (χ2n) is 3.47. The molecule has 1 aliphatic rings. The summed E-state index contributed by atoms with van der Waals surface area (Å²) >= 11 is 0. The molecule has 1 aliphatic carbocycles. The Balaban J connectivity index is 3.05. The maximum absolute atomic E-state index is 7.23. The van der Waals surface area contributed by atoms with Crippen molar-refractivity contribution in [3.8, 4) is 0 Å². The van der Waals surface area contributed by atoms with Crippen LogP contribution in [-0.4, -0.2) is 6.21 Å². The van der Waals surface area contributed by atoms with Crippen LogP contribution in [-0.2, 0) is 0 Å². The first kappa shape index (κ1) is 9.97. The molecule has 0 bridgehead atoms. The maximum atomic E-state index is 7.23. The van der Waals surface area contributed by atoms with E-state index in [-0.39, 0.29) is 0 Å². The largest absolute Gasteiger partial charge is 0.308 e. The molecule has 1 heteroatoms. The molecule has 0 radical (unpaired) electrons. The highest BCUT2D eigenvalue weighted by Crippen LogP contribution is 2.35. The summed E-state index contributed by atoms with van der Waals surface area (Å²) in [6.07, 6.45) is 8.06. The Hall–Kier alpha value is -1.11. The summed E-state index contributed by atoms with van der Waals surface area (Å²) in [7, 11) is 0. The molecular weight excluding hydrogens is 158 g/mol. The first-order valence-corrected chi connectivity index (χ1v) is 4.73. The summed E-state index contributed by atoms with van der Waals surface area (Å²) in [6.45, 7) is 6.17. The van der Waals surface area contributed by atoms with E-state index >= 15 is 0 Å².